The van der Waals surface area contributed by atoms with Crippen LogP contribution in [0.2, 0.25) is 0 Å². The predicted molar refractivity (Wildman–Crippen MR) is 130 cm³/mol. The van der Waals surface area contributed by atoms with E-state index in [9.17, 15) is 9.59 Å². The normalized spacial score (nSPS) is 19.2. The molecule has 2 atom stereocenters. The fourth-order valence-electron chi connectivity index (χ4n) is 4.29. The van der Waals surface area contributed by atoms with Crippen molar-refractivity contribution in [2.24, 2.45) is 5.41 Å². The number of carbonyl (C=O) groups excluding carboxylic acids is 2. The topological polar surface area (TPSA) is 37.4 Å². The van der Waals surface area contributed by atoms with E-state index in [0.717, 1.165) is 16.8 Å². The Balaban J connectivity index is 1.96. The molecule has 4 rings (SSSR count). The third-order valence-corrected chi connectivity index (χ3v) is 7.08. The monoisotopic (exact) mass is 430 g/mol. The summed E-state index contributed by atoms with van der Waals surface area (Å²) in [5.74, 6) is -0.00360. The molecule has 3 nitrogen and oxygen atoms in total. The lowest BCUT2D eigenvalue weighted by atomic mass is 9.93. The molecule has 0 spiro atoms. The predicted octanol–water partition coefficient (Wildman–Crippen LogP) is 6.23. The molecule has 159 valence electrons. The maximum atomic E-state index is 13.6. The van der Waals surface area contributed by atoms with E-state index in [-0.39, 0.29) is 23.0 Å². The van der Waals surface area contributed by atoms with Crippen LogP contribution in [-0.2, 0) is 9.59 Å². The average molecular weight is 431 g/mol. The Labute approximate surface area is 188 Å². The summed E-state index contributed by atoms with van der Waals surface area (Å²) in [7, 11) is 0. The lowest BCUT2D eigenvalue weighted by Gasteiger charge is -2.31. The fourth-order valence-corrected chi connectivity index (χ4v) is 5.71. The molecule has 0 N–H and O–H groups in total. The Morgan fingerprint density at radius 1 is 1.00 bits per heavy atom. The molecule has 0 bridgehead atoms. The molecule has 1 heterocycles. The molecule has 0 aromatic heterocycles. The number of hydrogen-bond acceptors (Lipinski definition) is 3. The van der Waals surface area contributed by atoms with Gasteiger partial charge in [0.2, 0.25) is 5.91 Å². The van der Waals surface area contributed by atoms with E-state index in [1.54, 1.807) is 11.8 Å². The molecule has 3 aromatic rings. The molecule has 1 aliphatic heterocycles. The Morgan fingerprint density at radius 3 is 2.48 bits per heavy atom. The molecule has 31 heavy (non-hydrogen) atoms. The van der Waals surface area contributed by atoms with Crippen LogP contribution in [0.5, 0.6) is 0 Å². The van der Waals surface area contributed by atoms with Gasteiger partial charge in [-0.25, -0.2) is 0 Å². The fraction of sp³-hybridized carbons (Fsp3) is 0.333. The molecule has 0 aliphatic carbocycles. The smallest absolute Gasteiger partial charge is 0.240 e. The summed E-state index contributed by atoms with van der Waals surface area (Å²) in [6, 6.07) is 21.0. The standard InChI is InChI=1S/C27H28NO2S/c1-18-12-13-23-22(16-18)25(21-11-7-9-19-8-5-6-10-20(19)21)31-24(14-15-29)26(30)28(23)17-27(2,3)4/h5-13,16,24-25H,14,17H2,1-4H3. The van der Waals surface area contributed by atoms with Crippen LogP contribution in [0.1, 0.15) is 49.1 Å². The number of anilines is 1. The first-order valence-electron chi connectivity index (χ1n) is 10.7. The van der Waals surface area contributed by atoms with Gasteiger partial charge in [0, 0.05) is 18.7 Å². The number of benzene rings is 3. The second kappa shape index (κ2) is 8.51. The number of carbonyl (C=O) groups is 1. The third kappa shape index (κ3) is 4.40. The first-order valence-corrected chi connectivity index (χ1v) is 11.6. The summed E-state index contributed by atoms with van der Waals surface area (Å²) in [5.41, 5.74) is 4.35. The van der Waals surface area contributed by atoms with Gasteiger partial charge in [0.05, 0.1) is 10.5 Å². The number of nitrogens with zero attached hydrogens (tertiary/aromatic N) is 1. The molecule has 1 aliphatic rings. The van der Waals surface area contributed by atoms with E-state index in [2.05, 4.69) is 82.3 Å². The summed E-state index contributed by atoms with van der Waals surface area (Å²) in [6.07, 6.45) is 2.10. The van der Waals surface area contributed by atoms with Gasteiger partial charge < -0.3 is 4.90 Å². The van der Waals surface area contributed by atoms with Crippen molar-refractivity contribution in [1.29, 1.82) is 0 Å². The number of thioether (sulfide) groups is 1. The Morgan fingerprint density at radius 2 is 1.74 bits per heavy atom. The Hall–Kier alpha value is -2.59. The van der Waals surface area contributed by atoms with Gasteiger partial charge in [-0.3, -0.25) is 9.59 Å². The summed E-state index contributed by atoms with van der Waals surface area (Å²) in [6.45, 7) is 9.09. The van der Waals surface area contributed by atoms with Gasteiger partial charge in [-0.05, 0) is 40.3 Å². The second-order valence-corrected chi connectivity index (χ2v) is 10.8. The number of fused-ring (bicyclic) bond motifs is 2. The first-order chi connectivity index (χ1) is 14.8. The summed E-state index contributed by atoms with van der Waals surface area (Å²) < 4.78 is 0. The highest BCUT2D eigenvalue weighted by Gasteiger charge is 2.38. The van der Waals surface area contributed by atoms with Crippen molar-refractivity contribution in [3.63, 3.8) is 0 Å². The number of aryl methyl sites for hydroxylation is 1. The zero-order valence-corrected chi connectivity index (χ0v) is 19.3. The minimum absolute atomic E-state index is 0.00360. The summed E-state index contributed by atoms with van der Waals surface area (Å²) in [4.78, 5) is 26.9. The minimum atomic E-state index is -0.462. The van der Waals surface area contributed by atoms with Gasteiger partial charge in [-0.2, -0.15) is 0 Å². The molecular weight excluding hydrogens is 402 g/mol. The van der Waals surface area contributed by atoms with Gasteiger partial charge in [0.15, 0.2) is 6.29 Å². The van der Waals surface area contributed by atoms with Crippen molar-refractivity contribution in [2.75, 3.05) is 11.4 Å². The zero-order chi connectivity index (χ0) is 22.2. The van der Waals surface area contributed by atoms with Crippen LogP contribution in [0.25, 0.3) is 10.8 Å². The SMILES string of the molecule is Cc1ccc2c(c1)C(c1cccc3ccccc13)SC(C[C]=O)C(=O)N2CC(C)(C)C. The second-order valence-electron chi connectivity index (χ2n) is 9.47. The summed E-state index contributed by atoms with van der Waals surface area (Å²) in [5, 5.41) is 1.85. The largest absolute Gasteiger partial charge is 0.311 e. The molecule has 3 aromatic carbocycles. The van der Waals surface area contributed by atoms with E-state index in [4.69, 9.17) is 0 Å². The van der Waals surface area contributed by atoms with Crippen LogP contribution in [0.3, 0.4) is 0 Å². The highest BCUT2D eigenvalue weighted by atomic mass is 32.2. The molecule has 0 saturated carbocycles. The quantitative estimate of drug-likeness (QED) is 0.492. The van der Waals surface area contributed by atoms with Gasteiger partial charge in [0.25, 0.3) is 0 Å². The van der Waals surface area contributed by atoms with Crippen molar-refractivity contribution in [3.8, 4) is 0 Å². The van der Waals surface area contributed by atoms with Crippen LogP contribution in [0.15, 0.2) is 60.7 Å². The van der Waals surface area contributed by atoms with E-state index >= 15 is 0 Å². The average Bonchev–Trinajstić information content (AvgIpc) is 2.83. The number of amides is 1. The van der Waals surface area contributed by atoms with E-state index in [1.165, 1.54) is 16.3 Å². The zero-order valence-electron chi connectivity index (χ0n) is 18.5. The van der Waals surface area contributed by atoms with Crippen molar-refractivity contribution >= 4 is 40.4 Å². The van der Waals surface area contributed by atoms with E-state index in [0.29, 0.717) is 6.54 Å². The molecule has 1 amide bonds. The first kappa shape index (κ1) is 21.6. The molecular formula is C27H28NO2S. The molecule has 0 fully saturated rings. The van der Waals surface area contributed by atoms with Crippen LogP contribution < -0.4 is 4.90 Å². The van der Waals surface area contributed by atoms with Crippen LogP contribution in [0.4, 0.5) is 5.69 Å². The third-order valence-electron chi connectivity index (χ3n) is 5.61. The van der Waals surface area contributed by atoms with E-state index < -0.39 is 5.25 Å². The Kier molecular flexibility index (Phi) is 5.94. The highest BCUT2D eigenvalue weighted by Crippen LogP contribution is 2.48. The van der Waals surface area contributed by atoms with E-state index in [1.807, 2.05) is 17.3 Å². The lowest BCUT2D eigenvalue weighted by Crippen LogP contribution is -2.42. The van der Waals surface area contributed by atoms with Crippen LogP contribution in [0, 0.1) is 12.3 Å². The number of rotatable bonds is 4. The molecule has 0 saturated heterocycles. The maximum Gasteiger partial charge on any atom is 0.240 e. The van der Waals surface area contributed by atoms with Gasteiger partial charge in [0.1, 0.15) is 0 Å². The molecule has 4 heteroatoms. The van der Waals surface area contributed by atoms with Gasteiger partial charge in [-0.1, -0.05) is 80.9 Å². The van der Waals surface area contributed by atoms with Crippen molar-refractivity contribution in [1.82, 2.24) is 0 Å². The van der Waals surface area contributed by atoms with Gasteiger partial charge in [-0.15, -0.1) is 11.8 Å². The van der Waals surface area contributed by atoms with Crippen molar-refractivity contribution in [2.45, 2.75) is 44.6 Å². The highest BCUT2D eigenvalue weighted by molar-refractivity contribution is 8.01. The van der Waals surface area contributed by atoms with Crippen LogP contribution >= 0.6 is 11.8 Å². The lowest BCUT2D eigenvalue weighted by molar-refractivity contribution is -0.118. The Bertz CT molecular complexity index is 1130. The molecule has 2 unspecified atom stereocenters. The van der Waals surface area contributed by atoms with Crippen molar-refractivity contribution < 1.29 is 9.59 Å². The van der Waals surface area contributed by atoms with Crippen molar-refractivity contribution in [3.05, 3.63) is 77.4 Å². The maximum absolute atomic E-state index is 13.6. The van der Waals surface area contributed by atoms with Gasteiger partial charge >= 0.3 is 0 Å². The molecule has 1 radical (unpaired) electrons. The van der Waals surface area contributed by atoms with Crippen LogP contribution in [-0.4, -0.2) is 24.0 Å². The number of hydrogen-bond donors (Lipinski definition) is 0. The minimum Gasteiger partial charge on any atom is -0.311 e. The summed E-state index contributed by atoms with van der Waals surface area (Å²) >= 11 is 1.58.